The second-order valence-corrected chi connectivity index (χ2v) is 5.80. The molecule has 4 rings (SSSR count). The molecule has 1 nitrogen and oxygen atoms in total. The van der Waals surface area contributed by atoms with E-state index < -0.39 is 0 Å². The third-order valence-corrected chi connectivity index (χ3v) is 4.29. The van der Waals surface area contributed by atoms with Gasteiger partial charge in [-0.05, 0) is 63.4 Å². The van der Waals surface area contributed by atoms with Crippen LogP contribution >= 0.6 is 0 Å². The van der Waals surface area contributed by atoms with Crippen molar-refractivity contribution >= 4 is 27.2 Å². The minimum atomic E-state index is 0. The van der Waals surface area contributed by atoms with Crippen LogP contribution < -0.4 is 35.3 Å². The number of hydrogen-bond donors (Lipinski definition) is 1. The second kappa shape index (κ2) is 6.37. The molecule has 0 heterocycles. The van der Waals surface area contributed by atoms with E-state index in [4.69, 9.17) is 5.73 Å². The number of aryl methyl sites for hydroxylation is 1. The van der Waals surface area contributed by atoms with Crippen LogP contribution in [0.2, 0.25) is 0 Å². The van der Waals surface area contributed by atoms with Gasteiger partial charge in [0, 0.05) is 5.69 Å². The Bertz CT molecular complexity index is 1000. The molecule has 0 aromatic heterocycles. The predicted molar refractivity (Wildman–Crippen MR) is 96.0 cm³/mol. The van der Waals surface area contributed by atoms with Crippen LogP contribution in [0.5, 0.6) is 0 Å². The van der Waals surface area contributed by atoms with Gasteiger partial charge < -0.3 is 5.73 Å². The first-order valence-corrected chi connectivity index (χ1v) is 7.50. The predicted octanol–water partition coefficient (Wildman–Crippen LogP) is 2.55. The van der Waals surface area contributed by atoms with Crippen molar-refractivity contribution in [2.75, 3.05) is 5.73 Å². The van der Waals surface area contributed by atoms with Crippen LogP contribution in [0.4, 0.5) is 5.69 Å². The van der Waals surface area contributed by atoms with Gasteiger partial charge in [-0.2, -0.15) is 0 Å². The summed E-state index contributed by atoms with van der Waals surface area (Å²) in [7, 11) is 0. The van der Waals surface area contributed by atoms with E-state index in [1.807, 2.05) is 12.1 Å². The maximum atomic E-state index is 5.90. The monoisotopic (exact) mass is 306 g/mol. The van der Waals surface area contributed by atoms with E-state index in [0.717, 1.165) is 5.69 Å². The molecule has 0 aliphatic carbocycles. The summed E-state index contributed by atoms with van der Waals surface area (Å²) in [5.41, 5.74) is 10.6. The van der Waals surface area contributed by atoms with Crippen LogP contribution in [0.3, 0.4) is 0 Å². The van der Waals surface area contributed by atoms with Crippen LogP contribution in [0.15, 0.2) is 72.8 Å². The van der Waals surface area contributed by atoms with Gasteiger partial charge in [0.15, 0.2) is 0 Å². The van der Waals surface area contributed by atoms with Crippen molar-refractivity contribution in [2.45, 2.75) is 6.92 Å². The summed E-state index contributed by atoms with van der Waals surface area (Å²) in [4.78, 5) is 0. The first-order chi connectivity index (χ1) is 10.7. The molecule has 0 unspecified atom stereocenters. The smallest absolute Gasteiger partial charge is 0.399 e. The summed E-state index contributed by atoms with van der Waals surface area (Å²) in [6.07, 6.45) is 0. The van der Waals surface area contributed by atoms with Crippen molar-refractivity contribution in [3.63, 3.8) is 0 Å². The maximum absolute atomic E-state index is 5.90. The number of nitrogen functional groups attached to an aromatic ring is 1. The van der Waals surface area contributed by atoms with Gasteiger partial charge in [-0.25, -0.2) is 0 Å². The van der Waals surface area contributed by atoms with Gasteiger partial charge in [-0.1, -0.05) is 54.6 Å². The Labute approximate surface area is 158 Å². The van der Waals surface area contributed by atoms with Gasteiger partial charge in [0.2, 0.25) is 0 Å². The van der Waals surface area contributed by atoms with Crippen LogP contribution in [0, 0.1) is 6.92 Å². The Hall–Kier alpha value is -1.80. The van der Waals surface area contributed by atoms with E-state index >= 15 is 0 Å². The molecule has 2 heteroatoms. The number of hydrogen-bond acceptors (Lipinski definition) is 1. The number of rotatable bonds is 1. The fraction of sp³-hybridized carbons (Fsp3) is 0.0476. The fourth-order valence-corrected chi connectivity index (χ4v) is 3.18. The molecule has 4 aromatic rings. The molecular weight excluding hydrogens is 289 g/mol. The third kappa shape index (κ3) is 2.88. The molecule has 0 atom stereocenters. The van der Waals surface area contributed by atoms with Crippen molar-refractivity contribution in [1.82, 2.24) is 0 Å². The van der Waals surface area contributed by atoms with Crippen molar-refractivity contribution in [2.24, 2.45) is 0 Å². The van der Waals surface area contributed by atoms with Gasteiger partial charge in [0.05, 0.1) is 0 Å². The zero-order valence-electron chi connectivity index (χ0n) is 13.5. The average Bonchev–Trinajstić information content (AvgIpc) is 2.54. The molecule has 23 heavy (non-hydrogen) atoms. The van der Waals surface area contributed by atoms with Gasteiger partial charge in [-0.15, -0.1) is 0 Å². The molecule has 0 amide bonds. The topological polar surface area (TPSA) is 26.0 Å². The number of nitrogens with two attached hydrogens (primary N) is 1. The van der Waals surface area contributed by atoms with Gasteiger partial charge in [-0.3, -0.25) is 0 Å². The van der Waals surface area contributed by atoms with Crippen LogP contribution in [0.1, 0.15) is 5.56 Å². The summed E-state index contributed by atoms with van der Waals surface area (Å²) in [5.74, 6) is 0. The molecule has 0 fully saturated rings. The molecular formula is C21H17NNa+. The van der Waals surface area contributed by atoms with Crippen molar-refractivity contribution < 1.29 is 29.6 Å². The van der Waals surface area contributed by atoms with Gasteiger partial charge in [0.1, 0.15) is 0 Å². The Morgan fingerprint density at radius 3 is 2.30 bits per heavy atom. The van der Waals surface area contributed by atoms with E-state index in [1.54, 1.807) is 0 Å². The van der Waals surface area contributed by atoms with E-state index in [9.17, 15) is 0 Å². The van der Waals surface area contributed by atoms with E-state index in [0.29, 0.717) is 0 Å². The van der Waals surface area contributed by atoms with E-state index in [-0.39, 0.29) is 29.6 Å². The Morgan fingerprint density at radius 1 is 0.652 bits per heavy atom. The minimum Gasteiger partial charge on any atom is -0.399 e. The SMILES string of the molecule is Cc1cc2cc(N)ccc2cc1-c1cccc2ccccc12.[Na+]. The summed E-state index contributed by atoms with van der Waals surface area (Å²) < 4.78 is 0. The normalized spacial score (nSPS) is 10.7. The Morgan fingerprint density at radius 2 is 1.43 bits per heavy atom. The van der Waals surface area contributed by atoms with Gasteiger partial charge in [0.25, 0.3) is 0 Å². The molecule has 0 saturated heterocycles. The maximum Gasteiger partial charge on any atom is 1.00 e. The molecule has 0 radical (unpaired) electrons. The number of benzene rings is 4. The van der Waals surface area contributed by atoms with Gasteiger partial charge >= 0.3 is 29.6 Å². The molecule has 4 aromatic carbocycles. The molecule has 2 N–H and O–H groups in total. The fourth-order valence-electron chi connectivity index (χ4n) is 3.18. The average molecular weight is 306 g/mol. The minimum absolute atomic E-state index is 0. The summed E-state index contributed by atoms with van der Waals surface area (Å²) >= 11 is 0. The van der Waals surface area contributed by atoms with E-state index in [1.165, 1.54) is 38.2 Å². The quantitative estimate of drug-likeness (QED) is 0.424. The molecule has 106 valence electrons. The van der Waals surface area contributed by atoms with Crippen molar-refractivity contribution in [3.05, 3.63) is 78.4 Å². The summed E-state index contributed by atoms with van der Waals surface area (Å²) in [6.45, 7) is 2.17. The Kier molecular flexibility index (Phi) is 4.45. The zero-order chi connectivity index (χ0) is 15.1. The van der Waals surface area contributed by atoms with Crippen molar-refractivity contribution in [1.29, 1.82) is 0 Å². The molecule has 0 bridgehead atoms. The second-order valence-electron chi connectivity index (χ2n) is 5.80. The molecule has 0 aliphatic heterocycles. The van der Waals surface area contributed by atoms with E-state index in [2.05, 4.69) is 67.6 Å². The Balaban J connectivity index is 0.00000156. The number of fused-ring (bicyclic) bond motifs is 2. The van der Waals surface area contributed by atoms with Crippen molar-refractivity contribution in [3.8, 4) is 11.1 Å². The first-order valence-electron chi connectivity index (χ1n) is 7.50. The first kappa shape index (κ1) is 16.1. The zero-order valence-corrected chi connectivity index (χ0v) is 15.5. The molecule has 0 spiro atoms. The standard InChI is InChI=1S/C21H17N.Na/c1-14-11-17-12-18(22)10-9-16(17)13-21(14)20-8-4-6-15-5-2-3-7-19(15)20;/h2-13H,22H2,1H3;/q;+1. The summed E-state index contributed by atoms with van der Waals surface area (Å²) in [5, 5.41) is 4.99. The molecule has 0 saturated carbocycles. The van der Waals surface area contributed by atoms with Crippen LogP contribution in [-0.4, -0.2) is 0 Å². The van der Waals surface area contributed by atoms with Crippen LogP contribution in [0.25, 0.3) is 32.7 Å². The largest absolute Gasteiger partial charge is 1.00 e. The van der Waals surface area contributed by atoms with Crippen LogP contribution in [-0.2, 0) is 0 Å². The number of anilines is 1. The molecule has 0 aliphatic rings. The third-order valence-electron chi connectivity index (χ3n) is 4.29. The summed E-state index contributed by atoms with van der Waals surface area (Å²) in [6, 6.07) is 25.6.